The van der Waals surface area contributed by atoms with Gasteiger partial charge in [0.2, 0.25) is 0 Å². The molecule has 0 bridgehead atoms. The molecule has 2 rings (SSSR count). The van der Waals surface area contributed by atoms with Crippen LogP contribution in [0.4, 0.5) is 5.82 Å². The maximum absolute atomic E-state index is 11.7. The van der Waals surface area contributed by atoms with Crippen molar-refractivity contribution in [3.63, 3.8) is 0 Å². The second-order valence-corrected chi connectivity index (χ2v) is 4.59. The minimum atomic E-state index is -0.410. The number of ether oxygens (including phenoxy) is 1. The molecule has 0 aliphatic rings. The van der Waals surface area contributed by atoms with Crippen LogP contribution in [-0.2, 0) is 11.3 Å². The minimum Gasteiger partial charge on any atom is -0.457 e. The zero-order valence-corrected chi connectivity index (χ0v) is 11.1. The van der Waals surface area contributed by atoms with E-state index in [0.717, 1.165) is 10.0 Å². The van der Waals surface area contributed by atoms with Crippen LogP contribution < -0.4 is 5.73 Å². The van der Waals surface area contributed by atoms with Crippen molar-refractivity contribution < 1.29 is 9.53 Å². The Morgan fingerprint density at radius 2 is 2.00 bits per heavy atom. The number of carbonyl (C=O) groups is 1. The number of hydrogen-bond acceptors (Lipinski definition) is 4. The Bertz CT molecular complexity index is 555. The molecule has 0 amide bonds. The van der Waals surface area contributed by atoms with E-state index >= 15 is 0 Å². The van der Waals surface area contributed by atoms with Crippen molar-refractivity contribution in [2.24, 2.45) is 0 Å². The van der Waals surface area contributed by atoms with Gasteiger partial charge in [0.25, 0.3) is 0 Å². The smallest absolute Gasteiger partial charge is 0.338 e. The number of anilines is 1. The van der Waals surface area contributed by atoms with Crippen LogP contribution in [0.25, 0.3) is 0 Å². The number of benzene rings is 1. The second-order valence-electron chi connectivity index (χ2n) is 3.67. The molecular formula is C13H11BrN2O2. The molecule has 2 aromatic rings. The Balaban J connectivity index is 1.98. The topological polar surface area (TPSA) is 65.2 Å². The Morgan fingerprint density at radius 3 is 2.67 bits per heavy atom. The van der Waals surface area contributed by atoms with E-state index in [1.165, 1.54) is 12.3 Å². The SMILES string of the molecule is Nc1cc(C(=O)OCc2ccc(Br)cc2)ccn1. The molecule has 0 aliphatic carbocycles. The third kappa shape index (κ3) is 3.30. The van der Waals surface area contributed by atoms with Crippen molar-refractivity contribution in [1.29, 1.82) is 0 Å². The van der Waals surface area contributed by atoms with E-state index < -0.39 is 5.97 Å². The third-order valence-corrected chi connectivity index (χ3v) is 2.83. The highest BCUT2D eigenvalue weighted by Crippen LogP contribution is 2.12. The molecule has 2 N–H and O–H groups in total. The molecule has 1 aromatic heterocycles. The first-order chi connectivity index (χ1) is 8.65. The van der Waals surface area contributed by atoms with Crippen LogP contribution in [0.5, 0.6) is 0 Å². The quantitative estimate of drug-likeness (QED) is 0.886. The Morgan fingerprint density at radius 1 is 1.28 bits per heavy atom. The molecular weight excluding hydrogens is 296 g/mol. The van der Waals surface area contributed by atoms with E-state index in [1.54, 1.807) is 6.07 Å². The van der Waals surface area contributed by atoms with Crippen molar-refractivity contribution in [2.75, 3.05) is 5.73 Å². The van der Waals surface area contributed by atoms with E-state index in [1.807, 2.05) is 24.3 Å². The number of carbonyl (C=O) groups excluding carboxylic acids is 1. The van der Waals surface area contributed by atoms with Crippen LogP contribution in [0.3, 0.4) is 0 Å². The van der Waals surface area contributed by atoms with Crippen molar-refractivity contribution in [3.05, 3.63) is 58.2 Å². The molecule has 0 atom stereocenters. The Hall–Kier alpha value is -1.88. The van der Waals surface area contributed by atoms with Crippen LogP contribution in [0, 0.1) is 0 Å². The lowest BCUT2D eigenvalue weighted by atomic mass is 10.2. The predicted molar refractivity (Wildman–Crippen MR) is 71.9 cm³/mol. The number of hydrogen-bond donors (Lipinski definition) is 1. The molecule has 0 spiro atoms. The first kappa shape index (κ1) is 12.6. The summed E-state index contributed by atoms with van der Waals surface area (Å²) in [5.74, 6) is -0.111. The molecule has 92 valence electrons. The molecule has 4 nitrogen and oxygen atoms in total. The first-order valence-corrected chi connectivity index (χ1v) is 6.07. The van der Waals surface area contributed by atoms with Gasteiger partial charge in [-0.1, -0.05) is 28.1 Å². The molecule has 0 radical (unpaired) electrons. The molecule has 0 aliphatic heterocycles. The molecule has 0 fully saturated rings. The van der Waals surface area contributed by atoms with Crippen LogP contribution in [0.15, 0.2) is 47.1 Å². The largest absolute Gasteiger partial charge is 0.457 e. The summed E-state index contributed by atoms with van der Waals surface area (Å²) in [6, 6.07) is 10.6. The summed E-state index contributed by atoms with van der Waals surface area (Å²) >= 11 is 3.34. The van der Waals surface area contributed by atoms with Gasteiger partial charge in [-0.2, -0.15) is 0 Å². The van der Waals surface area contributed by atoms with Crippen LogP contribution in [0.1, 0.15) is 15.9 Å². The number of rotatable bonds is 3. The third-order valence-electron chi connectivity index (χ3n) is 2.30. The van der Waals surface area contributed by atoms with Crippen molar-refractivity contribution in [1.82, 2.24) is 4.98 Å². The summed E-state index contributed by atoms with van der Waals surface area (Å²) < 4.78 is 6.16. The standard InChI is InChI=1S/C13H11BrN2O2/c14-11-3-1-9(2-4-11)8-18-13(17)10-5-6-16-12(15)7-10/h1-7H,8H2,(H2,15,16). The van der Waals surface area contributed by atoms with Gasteiger partial charge in [-0.05, 0) is 29.8 Å². The van der Waals surface area contributed by atoms with E-state index in [0.29, 0.717) is 11.4 Å². The van der Waals surface area contributed by atoms with Crippen molar-refractivity contribution in [3.8, 4) is 0 Å². The van der Waals surface area contributed by atoms with Gasteiger partial charge in [-0.3, -0.25) is 0 Å². The van der Waals surface area contributed by atoms with E-state index in [2.05, 4.69) is 20.9 Å². The highest BCUT2D eigenvalue weighted by molar-refractivity contribution is 9.10. The number of nitrogens with two attached hydrogens (primary N) is 1. The van der Waals surface area contributed by atoms with Crippen LogP contribution >= 0.6 is 15.9 Å². The minimum absolute atomic E-state index is 0.230. The van der Waals surface area contributed by atoms with Gasteiger partial charge in [0, 0.05) is 10.7 Å². The summed E-state index contributed by atoms with van der Waals surface area (Å²) in [7, 11) is 0. The number of nitrogens with zero attached hydrogens (tertiary/aromatic N) is 1. The van der Waals surface area contributed by atoms with Crippen molar-refractivity contribution in [2.45, 2.75) is 6.61 Å². The lowest BCUT2D eigenvalue weighted by molar-refractivity contribution is 0.0472. The molecule has 0 saturated carbocycles. The van der Waals surface area contributed by atoms with Gasteiger partial charge in [-0.15, -0.1) is 0 Å². The van der Waals surface area contributed by atoms with Gasteiger partial charge >= 0.3 is 5.97 Å². The summed E-state index contributed by atoms with van der Waals surface area (Å²) in [5.41, 5.74) is 6.82. The first-order valence-electron chi connectivity index (χ1n) is 5.28. The normalized spacial score (nSPS) is 10.1. The van der Waals surface area contributed by atoms with E-state index in [-0.39, 0.29) is 6.61 Å². The Labute approximate surface area is 113 Å². The lowest BCUT2D eigenvalue weighted by Crippen LogP contribution is -2.06. The van der Waals surface area contributed by atoms with Crippen molar-refractivity contribution >= 4 is 27.7 Å². The van der Waals surface area contributed by atoms with Crippen LogP contribution in [0.2, 0.25) is 0 Å². The highest BCUT2D eigenvalue weighted by Gasteiger charge is 2.07. The zero-order valence-electron chi connectivity index (χ0n) is 9.47. The van der Waals surface area contributed by atoms with E-state index in [4.69, 9.17) is 10.5 Å². The van der Waals surface area contributed by atoms with Gasteiger partial charge in [0.15, 0.2) is 0 Å². The summed E-state index contributed by atoms with van der Waals surface area (Å²) in [6.07, 6.45) is 1.48. The fourth-order valence-electron chi connectivity index (χ4n) is 1.39. The van der Waals surface area contributed by atoms with Gasteiger partial charge in [0.05, 0.1) is 5.56 Å². The maximum atomic E-state index is 11.7. The summed E-state index contributed by atoms with van der Waals surface area (Å²) in [5, 5.41) is 0. The number of esters is 1. The second kappa shape index (κ2) is 5.64. The molecule has 0 unspecified atom stereocenters. The number of nitrogen functional groups attached to an aromatic ring is 1. The summed E-state index contributed by atoms with van der Waals surface area (Å²) in [4.78, 5) is 15.5. The monoisotopic (exact) mass is 306 g/mol. The summed E-state index contributed by atoms with van der Waals surface area (Å²) in [6.45, 7) is 0.230. The molecule has 1 aromatic carbocycles. The van der Waals surface area contributed by atoms with E-state index in [9.17, 15) is 4.79 Å². The van der Waals surface area contributed by atoms with Gasteiger partial charge < -0.3 is 10.5 Å². The molecule has 1 heterocycles. The van der Waals surface area contributed by atoms with Gasteiger partial charge in [0.1, 0.15) is 12.4 Å². The number of aromatic nitrogens is 1. The molecule has 5 heteroatoms. The lowest BCUT2D eigenvalue weighted by Gasteiger charge is -2.05. The Kier molecular flexibility index (Phi) is 3.94. The fourth-order valence-corrected chi connectivity index (χ4v) is 1.65. The average Bonchev–Trinajstić information content (AvgIpc) is 2.38. The highest BCUT2D eigenvalue weighted by atomic mass is 79.9. The number of halogens is 1. The molecule has 18 heavy (non-hydrogen) atoms. The fraction of sp³-hybridized carbons (Fsp3) is 0.0769. The van der Waals surface area contributed by atoms with Crippen LogP contribution in [-0.4, -0.2) is 11.0 Å². The predicted octanol–water partition coefficient (Wildman–Crippen LogP) is 2.78. The average molecular weight is 307 g/mol. The zero-order chi connectivity index (χ0) is 13.0. The number of pyridine rings is 1. The molecule has 0 saturated heterocycles. The maximum Gasteiger partial charge on any atom is 0.338 e. The van der Waals surface area contributed by atoms with Gasteiger partial charge in [-0.25, -0.2) is 9.78 Å².